The quantitative estimate of drug-likeness (QED) is 0.178. The zero-order valence-electron chi connectivity index (χ0n) is 31.3. The van der Waals surface area contributed by atoms with Gasteiger partial charge in [0.2, 0.25) is 0 Å². The molecule has 4 aromatic heterocycles. The van der Waals surface area contributed by atoms with Crippen LogP contribution in [-0.2, 0) is 0 Å². The Morgan fingerprint density at radius 2 is 0.966 bits per heavy atom. The zero-order valence-corrected chi connectivity index (χ0v) is 32.1. The summed E-state index contributed by atoms with van der Waals surface area (Å²) in [6, 6.07) is 61.5. The number of furan rings is 2. The van der Waals surface area contributed by atoms with Crippen LogP contribution >= 0.6 is 11.3 Å². The van der Waals surface area contributed by atoms with E-state index >= 15 is 0 Å². The largest absolute Gasteiger partial charge is 0.456 e. The molecule has 59 heavy (non-hydrogen) atoms. The van der Waals surface area contributed by atoms with Gasteiger partial charge in [0.05, 0.1) is 0 Å². The molecule has 274 valence electrons. The molecular weight excluding hydrogens is 743 g/mol. The van der Waals surface area contributed by atoms with Gasteiger partial charge in [0.1, 0.15) is 22.3 Å². The van der Waals surface area contributed by atoms with Gasteiger partial charge < -0.3 is 8.83 Å². The number of thiophene rings is 1. The first-order valence-electron chi connectivity index (χ1n) is 19.7. The third kappa shape index (κ3) is 5.00. The minimum absolute atomic E-state index is 0.582. The van der Waals surface area contributed by atoms with E-state index in [1.54, 1.807) is 11.3 Å². The van der Waals surface area contributed by atoms with E-state index in [1.165, 1.54) is 25.6 Å². The Morgan fingerprint density at radius 3 is 1.88 bits per heavy atom. The number of hydrogen-bond acceptors (Lipinski definition) is 6. The van der Waals surface area contributed by atoms with Gasteiger partial charge in [0, 0.05) is 64.0 Å². The Kier molecular flexibility index (Phi) is 6.82. The molecule has 0 radical (unpaired) electrons. The predicted octanol–water partition coefficient (Wildman–Crippen LogP) is 15.0. The fourth-order valence-corrected chi connectivity index (χ4v) is 10.1. The van der Waals surface area contributed by atoms with E-state index < -0.39 is 0 Å². The molecule has 0 fully saturated rings. The highest BCUT2D eigenvalue weighted by Gasteiger charge is 2.21. The lowest BCUT2D eigenvalue weighted by Gasteiger charge is -2.11. The number of aromatic nitrogens is 3. The van der Waals surface area contributed by atoms with Crippen LogP contribution in [0.2, 0.25) is 0 Å². The van der Waals surface area contributed by atoms with E-state index in [-0.39, 0.29) is 0 Å². The average Bonchev–Trinajstić information content (AvgIpc) is 3.99. The van der Waals surface area contributed by atoms with Crippen molar-refractivity contribution in [3.05, 3.63) is 176 Å². The van der Waals surface area contributed by atoms with Gasteiger partial charge in [-0.2, -0.15) is 0 Å². The van der Waals surface area contributed by atoms with Crippen molar-refractivity contribution < 1.29 is 8.83 Å². The van der Waals surface area contributed by atoms with Crippen molar-refractivity contribution in [2.24, 2.45) is 0 Å². The molecule has 0 aliphatic rings. The summed E-state index contributed by atoms with van der Waals surface area (Å²) in [5, 5.41) is 11.1. The van der Waals surface area contributed by atoms with Gasteiger partial charge in [-0.3, -0.25) is 0 Å². The second kappa shape index (κ2) is 12.4. The molecule has 0 atom stereocenters. The van der Waals surface area contributed by atoms with Crippen LogP contribution in [0.1, 0.15) is 0 Å². The Balaban J connectivity index is 1.05. The van der Waals surface area contributed by atoms with Gasteiger partial charge in [-0.15, -0.1) is 11.3 Å². The first kappa shape index (κ1) is 32.4. The van der Waals surface area contributed by atoms with Crippen LogP contribution in [0.4, 0.5) is 0 Å². The summed E-state index contributed by atoms with van der Waals surface area (Å²) in [5.74, 6) is 1.79. The van der Waals surface area contributed by atoms with E-state index in [4.69, 9.17) is 23.8 Å². The van der Waals surface area contributed by atoms with Crippen LogP contribution in [-0.4, -0.2) is 15.0 Å². The van der Waals surface area contributed by atoms with E-state index in [0.29, 0.717) is 17.5 Å². The molecule has 0 N–H and O–H groups in total. The van der Waals surface area contributed by atoms with E-state index in [1.807, 2.05) is 24.3 Å². The number of para-hydroxylation sites is 2. The lowest BCUT2D eigenvalue weighted by molar-refractivity contribution is 0.669. The van der Waals surface area contributed by atoms with Gasteiger partial charge in [-0.1, -0.05) is 127 Å². The highest BCUT2D eigenvalue weighted by Crippen LogP contribution is 2.43. The lowest BCUT2D eigenvalue weighted by Crippen LogP contribution is -2.00. The van der Waals surface area contributed by atoms with E-state index in [0.717, 1.165) is 87.9 Å². The lowest BCUT2D eigenvalue weighted by atomic mass is 9.98. The molecule has 4 heterocycles. The summed E-state index contributed by atoms with van der Waals surface area (Å²) in [6.45, 7) is 0. The standard InChI is InChI=1S/C53H29N3O2S/c1-2-11-31-26-33(24-22-30(31)10-1)36-14-7-15-39-48-40(16-8-19-44(48)58-50(36)39)52-54-51(55-53(56-52)41-17-9-21-47-49(41)38-13-4-6-20-46(38)59-47)34-25-23-32-28-42-37-12-3-5-18-43(37)57-45(42)29-35(32)27-34/h1-29H. The van der Waals surface area contributed by atoms with Crippen molar-refractivity contribution in [1.29, 1.82) is 0 Å². The smallest absolute Gasteiger partial charge is 0.164 e. The Morgan fingerprint density at radius 1 is 0.339 bits per heavy atom. The Bertz CT molecular complexity index is 3870. The topological polar surface area (TPSA) is 65.0 Å². The number of rotatable bonds is 4. The Hall–Kier alpha value is -7.67. The number of fused-ring (bicyclic) bond motifs is 11. The monoisotopic (exact) mass is 771 g/mol. The molecule has 0 unspecified atom stereocenters. The highest BCUT2D eigenvalue weighted by molar-refractivity contribution is 7.25. The minimum Gasteiger partial charge on any atom is -0.456 e. The molecule has 0 aliphatic carbocycles. The zero-order chi connectivity index (χ0) is 38.6. The van der Waals surface area contributed by atoms with Crippen LogP contribution in [0.5, 0.6) is 0 Å². The van der Waals surface area contributed by atoms with Crippen LogP contribution in [0, 0.1) is 0 Å². The summed E-state index contributed by atoms with van der Waals surface area (Å²) < 4.78 is 15.5. The summed E-state index contributed by atoms with van der Waals surface area (Å²) in [6.07, 6.45) is 0. The first-order valence-corrected chi connectivity index (χ1v) is 20.5. The van der Waals surface area contributed by atoms with Gasteiger partial charge in [0.15, 0.2) is 17.5 Å². The predicted molar refractivity (Wildman–Crippen MR) is 244 cm³/mol. The summed E-state index contributed by atoms with van der Waals surface area (Å²) >= 11 is 1.79. The molecule has 0 aliphatic heterocycles. The maximum Gasteiger partial charge on any atom is 0.164 e. The van der Waals surface area contributed by atoms with Crippen molar-refractivity contribution in [2.75, 3.05) is 0 Å². The summed E-state index contributed by atoms with van der Waals surface area (Å²) in [5.41, 5.74) is 8.23. The van der Waals surface area contributed by atoms with Gasteiger partial charge in [-0.05, 0) is 75.6 Å². The highest BCUT2D eigenvalue weighted by atomic mass is 32.1. The van der Waals surface area contributed by atoms with Crippen LogP contribution in [0.15, 0.2) is 185 Å². The van der Waals surface area contributed by atoms with Gasteiger partial charge >= 0.3 is 0 Å². The molecule has 13 aromatic rings. The maximum absolute atomic E-state index is 6.76. The second-order valence-electron chi connectivity index (χ2n) is 15.1. The van der Waals surface area contributed by atoms with E-state index in [2.05, 4.69) is 152 Å². The first-order chi connectivity index (χ1) is 29.2. The molecule has 9 aromatic carbocycles. The SMILES string of the molecule is c1ccc2cc(-c3cccc4c3oc3cccc(-c5nc(-c6ccc7cc8c(cc7c6)oc6ccccc68)nc(-c6cccc7sc8ccccc8c67)n5)c34)ccc2c1. The van der Waals surface area contributed by atoms with Crippen molar-refractivity contribution in [3.63, 3.8) is 0 Å². The second-order valence-corrected chi connectivity index (χ2v) is 16.2. The summed E-state index contributed by atoms with van der Waals surface area (Å²) in [4.78, 5) is 15.9. The van der Waals surface area contributed by atoms with Gasteiger partial charge in [-0.25, -0.2) is 15.0 Å². The molecule has 13 rings (SSSR count). The number of nitrogens with zero attached hydrogens (tertiary/aromatic N) is 3. The van der Waals surface area contributed by atoms with Crippen molar-refractivity contribution >= 4 is 96.9 Å². The van der Waals surface area contributed by atoms with Crippen molar-refractivity contribution in [2.45, 2.75) is 0 Å². The molecule has 5 nitrogen and oxygen atoms in total. The molecular formula is C53H29N3O2S. The fraction of sp³-hybridized carbons (Fsp3) is 0. The third-order valence-electron chi connectivity index (χ3n) is 11.7. The van der Waals surface area contributed by atoms with E-state index in [9.17, 15) is 0 Å². The van der Waals surface area contributed by atoms with Crippen molar-refractivity contribution in [3.8, 4) is 45.3 Å². The van der Waals surface area contributed by atoms with Crippen LogP contribution in [0.3, 0.4) is 0 Å². The molecule has 0 amide bonds. The normalized spacial score (nSPS) is 12.1. The minimum atomic E-state index is 0.582. The molecule has 0 spiro atoms. The Labute approximate surface area is 340 Å². The fourth-order valence-electron chi connectivity index (χ4n) is 8.93. The van der Waals surface area contributed by atoms with Crippen LogP contribution < -0.4 is 0 Å². The average molecular weight is 772 g/mol. The van der Waals surface area contributed by atoms with Crippen molar-refractivity contribution in [1.82, 2.24) is 15.0 Å². The number of benzene rings is 9. The molecule has 6 heteroatoms. The van der Waals surface area contributed by atoms with Gasteiger partial charge in [0.25, 0.3) is 0 Å². The van der Waals surface area contributed by atoms with Crippen LogP contribution in [0.25, 0.3) is 131 Å². The molecule has 0 saturated carbocycles. The third-order valence-corrected chi connectivity index (χ3v) is 12.8. The maximum atomic E-state index is 6.76. The number of hydrogen-bond donors (Lipinski definition) is 0. The molecule has 0 saturated heterocycles. The molecule has 0 bridgehead atoms. The summed E-state index contributed by atoms with van der Waals surface area (Å²) in [7, 11) is 0.